The fourth-order valence-electron chi connectivity index (χ4n) is 0. The van der Waals surface area contributed by atoms with E-state index in [1.807, 2.05) is 0 Å². The first-order chi connectivity index (χ1) is 2.00. The van der Waals surface area contributed by atoms with Crippen molar-refractivity contribution < 1.29 is 241 Å². The van der Waals surface area contributed by atoms with E-state index in [0.29, 0.717) is 0 Å². The molecule has 0 aromatic rings. The number of rotatable bonds is 0. The van der Waals surface area contributed by atoms with Crippen LogP contribution in [-0.4, -0.2) is 39.9 Å². The van der Waals surface area contributed by atoms with Crippen LogP contribution in [0.1, 0.15) is 0 Å². The minimum absolute atomic E-state index is 0. The first kappa shape index (κ1) is 51.4. The third-order valence-electron chi connectivity index (χ3n) is 0. The molecule has 7 nitrogen and oxygen atoms in total. The summed E-state index contributed by atoms with van der Waals surface area (Å²) >= 11 is 0. The van der Waals surface area contributed by atoms with E-state index in [1.165, 1.54) is 0 Å². The standard InChI is InChI=1S/4K.H3O4Si.3H2O/c;;;;1-5(2,3)4;;;/h;;;;1-3H;3*1H2/q4*+1;-1;;;/p-3. The van der Waals surface area contributed by atoms with Crippen molar-refractivity contribution in [2.75, 3.05) is 0 Å². The Bertz CT molecular complexity index is 30.9. The molecular weight excluding hydrogens is 296 g/mol. The van der Waals surface area contributed by atoms with Gasteiger partial charge in [-0.2, -0.15) is 0 Å². The maximum Gasteiger partial charge on any atom is 1.00 e. The Morgan fingerprint density at radius 1 is 0.667 bits per heavy atom. The van der Waals surface area contributed by atoms with Crippen LogP contribution in [0.15, 0.2) is 0 Å². The van der Waals surface area contributed by atoms with Crippen LogP contribution in [0, 0.1) is 0 Å². The smallest absolute Gasteiger partial charge is 0.870 e. The second kappa shape index (κ2) is 30.5. The Morgan fingerprint density at radius 2 is 0.667 bits per heavy atom. The first-order valence-electron chi connectivity index (χ1n) is 0.875. The quantitative estimate of drug-likeness (QED) is 0.372. The fourth-order valence-corrected chi connectivity index (χ4v) is 0. The molecule has 0 saturated carbocycles. The zero-order valence-corrected chi connectivity index (χ0v) is 21.1. The minimum atomic E-state index is -4.86. The van der Waals surface area contributed by atoms with Crippen molar-refractivity contribution in [1.82, 2.24) is 0 Å². The largest absolute Gasteiger partial charge is 1.00 e. The third-order valence-corrected chi connectivity index (χ3v) is 0. The predicted molar refractivity (Wildman–Crippen MR) is 18.2 cm³/mol. The molecule has 0 spiro atoms. The summed E-state index contributed by atoms with van der Waals surface area (Å²) in [6.45, 7) is 0. The van der Waals surface area contributed by atoms with Crippen LogP contribution < -0.4 is 210 Å². The average molecular weight is 303 g/mol. The van der Waals surface area contributed by atoms with Gasteiger partial charge in [-0.1, -0.05) is 0 Å². The SMILES string of the molecule is [K+].[K+].[K+].[K+].[O-][Si](O)(O)O.[OH-].[OH-].[OH-]. The van der Waals surface area contributed by atoms with Gasteiger partial charge in [0.1, 0.15) is 0 Å². The van der Waals surface area contributed by atoms with Gasteiger partial charge in [0.2, 0.25) is 0 Å². The molecule has 0 fully saturated rings. The summed E-state index contributed by atoms with van der Waals surface area (Å²) in [6, 6.07) is 0. The molecule has 0 rings (SSSR count). The molecular formula is H6K4O7Si. The van der Waals surface area contributed by atoms with Crippen molar-refractivity contribution in [3.63, 3.8) is 0 Å². The molecule has 0 aliphatic heterocycles. The van der Waals surface area contributed by atoms with Crippen molar-refractivity contribution >= 4 is 9.05 Å². The van der Waals surface area contributed by atoms with Crippen LogP contribution in [0.5, 0.6) is 0 Å². The normalized spacial score (nSPS) is 5.00. The molecule has 0 bridgehead atoms. The molecule has 0 aliphatic carbocycles. The summed E-state index contributed by atoms with van der Waals surface area (Å²) in [5, 5.41) is 0. The second-order valence-corrected chi connectivity index (χ2v) is 1.72. The summed E-state index contributed by atoms with van der Waals surface area (Å²) in [7, 11) is -4.86. The van der Waals surface area contributed by atoms with Crippen molar-refractivity contribution in [3.8, 4) is 0 Å². The number of hydrogen-bond donors (Lipinski definition) is 3. The van der Waals surface area contributed by atoms with E-state index in [0.717, 1.165) is 0 Å². The van der Waals surface area contributed by atoms with Gasteiger partial charge in [0, 0.05) is 0 Å². The van der Waals surface area contributed by atoms with E-state index in [9.17, 15) is 0 Å². The Hall–Kier alpha value is 6.48. The number of hydrogen-bond acceptors (Lipinski definition) is 7. The Morgan fingerprint density at radius 3 is 0.667 bits per heavy atom. The Labute approximate surface area is 242 Å². The topological polar surface area (TPSA) is 174 Å². The molecule has 0 radical (unpaired) electrons. The van der Waals surface area contributed by atoms with E-state index in [-0.39, 0.29) is 222 Å². The summed E-state index contributed by atoms with van der Waals surface area (Å²) < 4.78 is 0. The fraction of sp³-hybridized carbons (Fsp3) is 0. The molecule has 0 aromatic carbocycles. The molecule has 6 N–H and O–H groups in total. The van der Waals surface area contributed by atoms with Gasteiger partial charge in [0.25, 0.3) is 0 Å². The second-order valence-electron chi connectivity index (χ2n) is 0.574. The summed E-state index contributed by atoms with van der Waals surface area (Å²) in [4.78, 5) is 30.6. The first-order valence-corrected chi connectivity index (χ1v) is 2.62. The molecule has 0 aromatic heterocycles. The van der Waals surface area contributed by atoms with Gasteiger partial charge in [-0.15, -0.1) is 0 Å². The van der Waals surface area contributed by atoms with Crippen molar-refractivity contribution in [3.05, 3.63) is 0 Å². The van der Waals surface area contributed by atoms with E-state index >= 15 is 0 Å². The molecule has 12 heavy (non-hydrogen) atoms. The summed E-state index contributed by atoms with van der Waals surface area (Å²) in [5.41, 5.74) is 0. The van der Waals surface area contributed by atoms with E-state index in [1.54, 1.807) is 0 Å². The van der Waals surface area contributed by atoms with Gasteiger partial charge in [0.15, 0.2) is 0 Å². The summed E-state index contributed by atoms with van der Waals surface area (Å²) in [6.07, 6.45) is 0. The van der Waals surface area contributed by atoms with E-state index in [2.05, 4.69) is 0 Å². The van der Waals surface area contributed by atoms with Crippen LogP contribution in [0.25, 0.3) is 0 Å². The van der Waals surface area contributed by atoms with Crippen LogP contribution in [0.4, 0.5) is 0 Å². The minimum Gasteiger partial charge on any atom is -0.870 e. The molecule has 0 heterocycles. The molecule has 0 saturated heterocycles. The molecule has 0 atom stereocenters. The van der Waals surface area contributed by atoms with Crippen LogP contribution in [-0.2, 0) is 0 Å². The van der Waals surface area contributed by atoms with Crippen LogP contribution in [0.3, 0.4) is 0 Å². The van der Waals surface area contributed by atoms with Gasteiger partial charge in [-0.3, -0.25) is 0 Å². The van der Waals surface area contributed by atoms with Crippen LogP contribution in [0.2, 0.25) is 0 Å². The van der Waals surface area contributed by atoms with Gasteiger partial charge in [-0.25, -0.2) is 0 Å². The van der Waals surface area contributed by atoms with Gasteiger partial charge < -0.3 is 35.6 Å². The molecule has 0 aliphatic rings. The zero-order valence-electron chi connectivity index (χ0n) is 7.59. The maximum atomic E-state index is 8.91. The monoisotopic (exact) mass is 302 g/mol. The molecule has 12 heteroatoms. The van der Waals surface area contributed by atoms with Crippen molar-refractivity contribution in [2.45, 2.75) is 0 Å². The molecule has 0 amide bonds. The van der Waals surface area contributed by atoms with Gasteiger partial charge >= 0.3 is 215 Å². The third kappa shape index (κ3) is 94.0. The molecule has 56 valence electrons. The van der Waals surface area contributed by atoms with E-state index < -0.39 is 9.05 Å². The average Bonchev–Trinajstić information content (AvgIpc) is 0.722. The molecule has 0 unspecified atom stereocenters. The Kier molecular flexibility index (Phi) is 131. The Balaban J connectivity index is -0.00000000381. The zero-order chi connectivity index (χ0) is 4.50. The van der Waals surface area contributed by atoms with Crippen LogP contribution >= 0.6 is 0 Å². The summed E-state index contributed by atoms with van der Waals surface area (Å²) in [5.74, 6) is 0. The maximum absolute atomic E-state index is 8.91. The van der Waals surface area contributed by atoms with Crippen molar-refractivity contribution in [1.29, 1.82) is 0 Å². The van der Waals surface area contributed by atoms with Gasteiger partial charge in [-0.05, 0) is 0 Å². The predicted octanol–water partition coefficient (Wildman–Crippen LogP) is -15.8. The van der Waals surface area contributed by atoms with Crippen molar-refractivity contribution in [2.24, 2.45) is 0 Å². The van der Waals surface area contributed by atoms with E-state index in [4.69, 9.17) is 19.2 Å². The van der Waals surface area contributed by atoms with Gasteiger partial charge in [0.05, 0.1) is 0 Å².